The van der Waals surface area contributed by atoms with Crippen LogP contribution in [-0.4, -0.2) is 40.7 Å². The van der Waals surface area contributed by atoms with Crippen LogP contribution in [0.5, 0.6) is 5.75 Å². The molecule has 144 valence electrons. The summed E-state index contributed by atoms with van der Waals surface area (Å²) < 4.78 is 44.5. The van der Waals surface area contributed by atoms with Crippen LogP contribution < -0.4 is 9.64 Å². The molecule has 0 aliphatic carbocycles. The lowest BCUT2D eigenvalue weighted by Crippen LogP contribution is -2.25. The van der Waals surface area contributed by atoms with Crippen LogP contribution in [0.1, 0.15) is 28.2 Å². The molecule has 9 heteroatoms. The molecule has 3 rings (SSSR count). The van der Waals surface area contributed by atoms with Gasteiger partial charge >= 0.3 is 12.1 Å². The highest BCUT2D eigenvalue weighted by Crippen LogP contribution is 2.36. The zero-order valence-corrected chi connectivity index (χ0v) is 14.5. The Morgan fingerprint density at radius 2 is 2.07 bits per heavy atom. The smallest absolute Gasteiger partial charge is 0.419 e. The van der Waals surface area contributed by atoms with Crippen LogP contribution in [0.4, 0.5) is 19.1 Å². The Bertz CT molecular complexity index is 842. The molecule has 1 unspecified atom stereocenters. The molecule has 1 aromatic heterocycles. The van der Waals surface area contributed by atoms with Crippen LogP contribution in [0.25, 0.3) is 0 Å². The number of para-hydroxylation sites is 1. The molecule has 6 nitrogen and oxygen atoms in total. The lowest BCUT2D eigenvalue weighted by molar-refractivity contribution is -0.139. The van der Waals surface area contributed by atoms with E-state index in [0.717, 1.165) is 6.07 Å². The zero-order valence-electron chi connectivity index (χ0n) is 14.5. The number of anilines is 1. The van der Waals surface area contributed by atoms with Crippen LogP contribution in [0.3, 0.4) is 0 Å². The lowest BCUT2D eigenvalue weighted by atomic mass is 10.1. The highest BCUT2D eigenvalue weighted by Gasteiger charge is 2.34. The van der Waals surface area contributed by atoms with Crippen molar-refractivity contribution >= 4 is 11.9 Å². The molecule has 27 heavy (non-hydrogen) atoms. The second-order valence-electron chi connectivity index (χ2n) is 6.41. The van der Waals surface area contributed by atoms with Crippen molar-refractivity contribution in [2.24, 2.45) is 5.92 Å². The van der Waals surface area contributed by atoms with Crippen molar-refractivity contribution in [3.63, 3.8) is 0 Å². The van der Waals surface area contributed by atoms with Crippen molar-refractivity contribution in [2.45, 2.75) is 19.5 Å². The van der Waals surface area contributed by atoms with Crippen molar-refractivity contribution < 1.29 is 27.8 Å². The Kier molecular flexibility index (Phi) is 5.20. The van der Waals surface area contributed by atoms with Gasteiger partial charge in [-0.1, -0.05) is 12.1 Å². The first-order chi connectivity index (χ1) is 12.7. The minimum atomic E-state index is -4.47. The van der Waals surface area contributed by atoms with Gasteiger partial charge in [0, 0.05) is 24.7 Å². The first-order valence-corrected chi connectivity index (χ1v) is 8.37. The molecule has 0 spiro atoms. The number of alkyl halides is 3. The molecular formula is C18H18F3N3O3. The number of carbonyl (C=O) groups is 1. The summed E-state index contributed by atoms with van der Waals surface area (Å²) in [4.78, 5) is 21.3. The van der Waals surface area contributed by atoms with Crippen molar-refractivity contribution in [3.05, 3.63) is 47.3 Å². The van der Waals surface area contributed by atoms with E-state index in [4.69, 9.17) is 9.84 Å². The van der Waals surface area contributed by atoms with Gasteiger partial charge in [0.05, 0.1) is 12.2 Å². The van der Waals surface area contributed by atoms with Crippen molar-refractivity contribution in [1.82, 2.24) is 9.97 Å². The predicted molar refractivity (Wildman–Crippen MR) is 91.0 cm³/mol. The Hall–Kier alpha value is -2.84. The minimum absolute atomic E-state index is 0.0105. The van der Waals surface area contributed by atoms with Gasteiger partial charge in [0.15, 0.2) is 5.69 Å². The number of aromatic carboxylic acids is 1. The van der Waals surface area contributed by atoms with Gasteiger partial charge in [0.2, 0.25) is 5.95 Å². The van der Waals surface area contributed by atoms with E-state index in [2.05, 4.69) is 9.97 Å². The third-order valence-electron chi connectivity index (χ3n) is 4.30. The zero-order chi connectivity index (χ0) is 19.6. The lowest BCUT2D eigenvalue weighted by Gasteiger charge is -2.18. The number of hydrogen-bond donors (Lipinski definition) is 1. The topological polar surface area (TPSA) is 75.5 Å². The Morgan fingerprint density at radius 1 is 1.33 bits per heavy atom. The quantitative estimate of drug-likeness (QED) is 0.856. The predicted octanol–water partition coefficient (Wildman–Crippen LogP) is 3.41. The number of ether oxygens (including phenoxy) is 1. The molecule has 1 atom stereocenters. The second kappa shape index (κ2) is 7.42. The maximum Gasteiger partial charge on any atom is 0.419 e. The van der Waals surface area contributed by atoms with Crippen molar-refractivity contribution in [1.29, 1.82) is 0 Å². The van der Waals surface area contributed by atoms with Crippen LogP contribution in [0.2, 0.25) is 0 Å². The van der Waals surface area contributed by atoms with Gasteiger partial charge in [-0.3, -0.25) is 0 Å². The monoisotopic (exact) mass is 381 g/mol. The summed E-state index contributed by atoms with van der Waals surface area (Å²) in [6.45, 7) is 2.87. The fraction of sp³-hybridized carbons (Fsp3) is 0.389. The molecule has 1 aliphatic rings. The van der Waals surface area contributed by atoms with Gasteiger partial charge in [0.1, 0.15) is 5.75 Å². The third-order valence-corrected chi connectivity index (χ3v) is 4.30. The molecule has 0 bridgehead atoms. The minimum Gasteiger partial charge on any atom is -0.493 e. The number of benzene rings is 1. The van der Waals surface area contributed by atoms with E-state index in [1.807, 2.05) is 4.90 Å². The van der Waals surface area contributed by atoms with Crippen LogP contribution in [0.15, 0.2) is 30.3 Å². The summed E-state index contributed by atoms with van der Waals surface area (Å²) in [6, 6.07) is 6.50. The molecule has 0 saturated carbocycles. The molecule has 1 N–H and O–H groups in total. The van der Waals surface area contributed by atoms with Gasteiger partial charge in [0.25, 0.3) is 0 Å². The second-order valence-corrected chi connectivity index (χ2v) is 6.41. The fourth-order valence-electron chi connectivity index (χ4n) is 2.99. The van der Waals surface area contributed by atoms with E-state index in [-0.39, 0.29) is 24.0 Å². The maximum atomic E-state index is 13.0. The average Bonchev–Trinajstić information content (AvgIpc) is 3.08. The number of halogens is 3. The van der Waals surface area contributed by atoms with Gasteiger partial charge in [-0.05, 0) is 31.5 Å². The Morgan fingerprint density at radius 3 is 2.78 bits per heavy atom. The van der Waals surface area contributed by atoms with Gasteiger partial charge in [-0.2, -0.15) is 13.2 Å². The van der Waals surface area contributed by atoms with Crippen molar-refractivity contribution in [2.75, 3.05) is 24.6 Å². The van der Waals surface area contributed by atoms with Gasteiger partial charge in [-0.25, -0.2) is 14.8 Å². The number of rotatable bonds is 5. The fourth-order valence-corrected chi connectivity index (χ4v) is 2.99. The summed E-state index contributed by atoms with van der Waals surface area (Å²) in [7, 11) is 0. The largest absolute Gasteiger partial charge is 0.493 e. The van der Waals surface area contributed by atoms with Gasteiger partial charge in [-0.15, -0.1) is 0 Å². The number of hydrogen-bond acceptors (Lipinski definition) is 5. The van der Waals surface area contributed by atoms with Crippen molar-refractivity contribution in [3.8, 4) is 5.75 Å². The molecule has 2 heterocycles. The molecule has 2 aromatic rings. The molecule has 1 aliphatic heterocycles. The van der Waals surface area contributed by atoms with Crippen LogP contribution in [-0.2, 0) is 6.18 Å². The summed E-state index contributed by atoms with van der Waals surface area (Å²) in [5.74, 6) is -1.03. The van der Waals surface area contributed by atoms with Gasteiger partial charge < -0.3 is 14.7 Å². The molecule has 0 amide bonds. The standard InChI is InChI=1S/C18H18F3N3O3/c1-11-8-14(16(25)26)23-17(22-11)24-7-6-12(9-24)10-27-15-5-3-2-4-13(15)18(19,20)21/h2-5,8,12H,6-7,9-10H2,1H3,(H,25,26). The molecule has 0 radical (unpaired) electrons. The van der Waals surface area contributed by atoms with Crippen LogP contribution >= 0.6 is 0 Å². The van der Waals surface area contributed by atoms with Crippen LogP contribution in [0, 0.1) is 12.8 Å². The Labute approximate surface area is 153 Å². The number of aromatic nitrogens is 2. The number of aryl methyl sites for hydroxylation is 1. The van der Waals surface area contributed by atoms with E-state index in [1.165, 1.54) is 24.3 Å². The molecule has 1 fully saturated rings. The highest BCUT2D eigenvalue weighted by molar-refractivity contribution is 5.85. The van der Waals surface area contributed by atoms with E-state index < -0.39 is 17.7 Å². The SMILES string of the molecule is Cc1cc(C(=O)O)nc(N2CCC(COc3ccccc3C(F)(F)F)C2)n1. The summed E-state index contributed by atoms with van der Waals surface area (Å²) >= 11 is 0. The van der Waals surface area contributed by atoms with E-state index >= 15 is 0 Å². The average molecular weight is 381 g/mol. The number of carboxylic acid groups (broad SMARTS) is 1. The molecule has 1 aromatic carbocycles. The third kappa shape index (κ3) is 4.47. The summed E-state index contributed by atoms with van der Waals surface area (Å²) in [5, 5.41) is 9.11. The molecular weight excluding hydrogens is 363 g/mol. The summed E-state index contributed by atoms with van der Waals surface area (Å²) in [5.41, 5.74) is -0.347. The Balaban J connectivity index is 1.66. The van der Waals surface area contributed by atoms with E-state index in [1.54, 1.807) is 6.92 Å². The maximum absolute atomic E-state index is 13.0. The normalized spacial score (nSPS) is 17.2. The first kappa shape index (κ1) is 18.9. The van der Waals surface area contributed by atoms with E-state index in [9.17, 15) is 18.0 Å². The number of nitrogens with zero attached hydrogens (tertiary/aromatic N) is 3. The van der Waals surface area contributed by atoms with E-state index in [0.29, 0.717) is 31.2 Å². The first-order valence-electron chi connectivity index (χ1n) is 8.37. The molecule has 1 saturated heterocycles. The number of carboxylic acids is 1. The highest BCUT2D eigenvalue weighted by atomic mass is 19.4. The summed E-state index contributed by atoms with van der Waals surface area (Å²) in [6.07, 6.45) is -3.78.